The van der Waals surface area contributed by atoms with Crippen LogP contribution >= 0.6 is 0 Å². The van der Waals surface area contributed by atoms with Gasteiger partial charge in [0.25, 0.3) is 0 Å². The largest absolute Gasteiger partial charge is 0.382 e. The molecule has 2 heterocycles. The second-order valence-electron chi connectivity index (χ2n) is 4.35. The molecule has 0 aromatic carbocycles. The molecule has 2 rings (SSSR count). The number of fused-ring (bicyclic) bond motifs is 1. The van der Waals surface area contributed by atoms with E-state index < -0.39 is 0 Å². The zero-order chi connectivity index (χ0) is 11.0. The minimum Gasteiger partial charge on any atom is -0.382 e. The van der Waals surface area contributed by atoms with Crippen molar-refractivity contribution < 1.29 is 0 Å². The summed E-state index contributed by atoms with van der Waals surface area (Å²) in [4.78, 5) is 4.46. The van der Waals surface area contributed by atoms with Gasteiger partial charge in [0.05, 0.1) is 0 Å². The second-order valence-corrected chi connectivity index (χ2v) is 4.35. The summed E-state index contributed by atoms with van der Waals surface area (Å²) in [5, 5.41) is 7.52. The Bertz CT molecular complexity index is 392. The highest BCUT2D eigenvalue weighted by Crippen LogP contribution is 2.24. The number of nitrogens with two attached hydrogens (primary N) is 1. The molecule has 3 N–H and O–H groups in total. The minimum atomic E-state index is 0.105. The first kappa shape index (κ1) is 10.2. The van der Waals surface area contributed by atoms with Gasteiger partial charge in [0.1, 0.15) is 17.4 Å². The Labute approximate surface area is 90.0 Å². The van der Waals surface area contributed by atoms with Crippen LogP contribution in [-0.4, -0.2) is 15.4 Å². The van der Waals surface area contributed by atoms with Gasteiger partial charge in [-0.15, -0.1) is 0 Å². The molecule has 0 radical (unpaired) electrons. The standard InChI is InChI=1S/C11H18N4/c1-3-9-14-10(11(12)13)8-5-4-7(2)6-15(8)9/h7H,3-6H2,1-2H3,(H3,12,13). The van der Waals surface area contributed by atoms with E-state index in [1.165, 1.54) is 6.42 Å². The highest BCUT2D eigenvalue weighted by Gasteiger charge is 2.23. The number of nitrogen functional groups attached to an aromatic ring is 1. The topological polar surface area (TPSA) is 67.7 Å². The van der Waals surface area contributed by atoms with Crippen LogP contribution in [0.2, 0.25) is 0 Å². The van der Waals surface area contributed by atoms with Crippen molar-refractivity contribution in [3.05, 3.63) is 17.2 Å². The number of amidine groups is 1. The summed E-state index contributed by atoms with van der Waals surface area (Å²) in [7, 11) is 0. The highest BCUT2D eigenvalue weighted by atomic mass is 15.1. The molecule has 1 aliphatic rings. The van der Waals surface area contributed by atoms with Crippen LogP contribution < -0.4 is 5.73 Å². The van der Waals surface area contributed by atoms with Crippen LogP contribution in [-0.2, 0) is 19.4 Å². The van der Waals surface area contributed by atoms with E-state index in [0.717, 1.165) is 30.9 Å². The molecule has 4 heteroatoms. The monoisotopic (exact) mass is 206 g/mol. The smallest absolute Gasteiger partial charge is 0.143 e. The van der Waals surface area contributed by atoms with Crippen molar-refractivity contribution in [2.75, 3.05) is 0 Å². The average Bonchev–Trinajstić information content (AvgIpc) is 2.55. The molecule has 0 bridgehead atoms. The summed E-state index contributed by atoms with van der Waals surface area (Å²) in [6.45, 7) is 5.38. The number of hydrogen-bond acceptors (Lipinski definition) is 2. The molecule has 0 saturated heterocycles. The van der Waals surface area contributed by atoms with E-state index in [4.69, 9.17) is 11.1 Å². The van der Waals surface area contributed by atoms with Crippen LogP contribution in [0.5, 0.6) is 0 Å². The summed E-state index contributed by atoms with van der Waals surface area (Å²) < 4.78 is 2.25. The SMILES string of the molecule is CCc1nc(C(=N)N)c2n1CC(C)CC2. The molecule has 1 unspecified atom stereocenters. The normalized spacial score (nSPS) is 20.0. The van der Waals surface area contributed by atoms with Crippen LogP contribution in [0.4, 0.5) is 0 Å². The predicted octanol–water partition coefficient (Wildman–Crippen LogP) is 1.31. The van der Waals surface area contributed by atoms with Crippen molar-refractivity contribution in [3.8, 4) is 0 Å². The molecule has 82 valence electrons. The summed E-state index contributed by atoms with van der Waals surface area (Å²) in [6.07, 6.45) is 3.09. The third-order valence-corrected chi connectivity index (χ3v) is 3.09. The number of hydrogen-bond donors (Lipinski definition) is 2. The fourth-order valence-corrected chi connectivity index (χ4v) is 2.28. The molecule has 4 nitrogen and oxygen atoms in total. The molecular weight excluding hydrogens is 188 g/mol. The molecule has 1 aromatic heterocycles. The van der Waals surface area contributed by atoms with Gasteiger partial charge in [-0.05, 0) is 18.8 Å². The van der Waals surface area contributed by atoms with E-state index >= 15 is 0 Å². The van der Waals surface area contributed by atoms with Crippen LogP contribution in [0, 0.1) is 11.3 Å². The van der Waals surface area contributed by atoms with Crippen LogP contribution in [0.15, 0.2) is 0 Å². The zero-order valence-corrected chi connectivity index (χ0v) is 9.38. The first-order valence-electron chi connectivity index (χ1n) is 5.56. The molecular formula is C11H18N4. The fourth-order valence-electron chi connectivity index (χ4n) is 2.28. The second kappa shape index (κ2) is 3.68. The van der Waals surface area contributed by atoms with E-state index in [9.17, 15) is 0 Å². The lowest BCUT2D eigenvalue weighted by Gasteiger charge is -2.22. The molecule has 0 amide bonds. The van der Waals surface area contributed by atoms with E-state index in [1.807, 2.05) is 0 Å². The molecule has 15 heavy (non-hydrogen) atoms. The van der Waals surface area contributed by atoms with Gasteiger partial charge in [-0.2, -0.15) is 0 Å². The number of aryl methyl sites for hydroxylation is 1. The van der Waals surface area contributed by atoms with Gasteiger partial charge < -0.3 is 10.3 Å². The molecule has 0 spiro atoms. The Morgan fingerprint density at radius 3 is 3.00 bits per heavy atom. The van der Waals surface area contributed by atoms with E-state index in [-0.39, 0.29) is 5.84 Å². The lowest BCUT2D eigenvalue weighted by molar-refractivity contribution is 0.391. The van der Waals surface area contributed by atoms with Crippen LogP contribution in [0.1, 0.15) is 37.5 Å². The Hall–Kier alpha value is -1.32. The summed E-state index contributed by atoms with van der Waals surface area (Å²) in [5.74, 6) is 1.88. The van der Waals surface area contributed by atoms with Crippen molar-refractivity contribution in [1.82, 2.24) is 9.55 Å². The van der Waals surface area contributed by atoms with Gasteiger partial charge in [-0.3, -0.25) is 5.41 Å². The quantitative estimate of drug-likeness (QED) is 0.566. The third-order valence-electron chi connectivity index (χ3n) is 3.09. The lowest BCUT2D eigenvalue weighted by Crippen LogP contribution is -2.22. The van der Waals surface area contributed by atoms with Crippen molar-refractivity contribution in [2.24, 2.45) is 11.7 Å². The van der Waals surface area contributed by atoms with Crippen LogP contribution in [0.3, 0.4) is 0 Å². The van der Waals surface area contributed by atoms with Crippen molar-refractivity contribution in [2.45, 2.75) is 39.7 Å². The fraction of sp³-hybridized carbons (Fsp3) is 0.636. The summed E-state index contributed by atoms with van der Waals surface area (Å²) >= 11 is 0. The number of nitrogens with zero attached hydrogens (tertiary/aromatic N) is 2. The number of aromatic nitrogens is 2. The maximum absolute atomic E-state index is 7.52. The molecule has 1 aromatic rings. The zero-order valence-electron chi connectivity index (χ0n) is 9.38. The summed E-state index contributed by atoms with van der Waals surface area (Å²) in [5.41, 5.74) is 7.42. The van der Waals surface area contributed by atoms with Gasteiger partial charge >= 0.3 is 0 Å². The van der Waals surface area contributed by atoms with Crippen molar-refractivity contribution in [3.63, 3.8) is 0 Å². The first-order valence-corrected chi connectivity index (χ1v) is 5.56. The highest BCUT2D eigenvalue weighted by molar-refractivity contribution is 5.94. The van der Waals surface area contributed by atoms with Gasteiger partial charge in [-0.1, -0.05) is 13.8 Å². The van der Waals surface area contributed by atoms with Crippen molar-refractivity contribution >= 4 is 5.84 Å². The number of rotatable bonds is 2. The van der Waals surface area contributed by atoms with Crippen molar-refractivity contribution in [1.29, 1.82) is 5.41 Å². The van der Waals surface area contributed by atoms with Gasteiger partial charge in [-0.25, -0.2) is 4.98 Å². The average molecular weight is 206 g/mol. The van der Waals surface area contributed by atoms with Gasteiger partial charge in [0, 0.05) is 18.7 Å². The Kier molecular flexibility index (Phi) is 2.50. The van der Waals surface area contributed by atoms with Gasteiger partial charge in [0.2, 0.25) is 0 Å². The Morgan fingerprint density at radius 2 is 2.40 bits per heavy atom. The molecule has 0 fully saturated rings. The molecule has 0 saturated carbocycles. The lowest BCUT2D eigenvalue weighted by atomic mass is 9.99. The first-order chi connectivity index (χ1) is 7.13. The minimum absolute atomic E-state index is 0.105. The Balaban J connectivity index is 2.49. The third kappa shape index (κ3) is 1.64. The van der Waals surface area contributed by atoms with E-state index in [0.29, 0.717) is 11.6 Å². The molecule has 1 atom stereocenters. The molecule has 0 aliphatic carbocycles. The number of nitrogens with one attached hydrogen (secondary N) is 1. The molecule has 1 aliphatic heterocycles. The van der Waals surface area contributed by atoms with E-state index in [1.54, 1.807) is 0 Å². The maximum Gasteiger partial charge on any atom is 0.143 e. The van der Waals surface area contributed by atoms with Gasteiger partial charge in [0.15, 0.2) is 0 Å². The predicted molar refractivity (Wildman–Crippen MR) is 60.1 cm³/mol. The van der Waals surface area contributed by atoms with E-state index in [2.05, 4.69) is 23.4 Å². The maximum atomic E-state index is 7.52. The number of imidazole rings is 1. The Morgan fingerprint density at radius 1 is 1.67 bits per heavy atom. The van der Waals surface area contributed by atoms with Crippen LogP contribution in [0.25, 0.3) is 0 Å². The summed E-state index contributed by atoms with van der Waals surface area (Å²) in [6, 6.07) is 0.